The van der Waals surface area contributed by atoms with Gasteiger partial charge in [0, 0.05) is 13.0 Å². The Hall–Kier alpha value is -0.900. The Morgan fingerprint density at radius 1 is 1.21 bits per heavy atom. The second-order valence-corrected chi connectivity index (χ2v) is 6.76. The first-order valence-corrected chi connectivity index (χ1v) is 7.79. The van der Waals surface area contributed by atoms with Crippen LogP contribution in [0.1, 0.15) is 75.9 Å². The van der Waals surface area contributed by atoms with Crippen molar-refractivity contribution in [3.05, 3.63) is 11.6 Å². The predicted molar refractivity (Wildman–Crippen MR) is 75.7 cm³/mol. The summed E-state index contributed by atoms with van der Waals surface area (Å²) in [6.45, 7) is 2.30. The Morgan fingerprint density at radius 3 is 2.63 bits per heavy atom. The first kappa shape index (κ1) is 13.1. The number of nitrogens with two attached hydrogens (primary N) is 1. The summed E-state index contributed by atoms with van der Waals surface area (Å²) in [4.78, 5) is 4.85. The topological polar surface area (TPSA) is 56.7 Å². The van der Waals surface area contributed by atoms with E-state index in [0.717, 1.165) is 24.5 Å². The van der Waals surface area contributed by atoms with E-state index in [2.05, 4.69) is 12.0 Å². The van der Waals surface area contributed by atoms with Crippen LogP contribution in [0, 0.1) is 5.92 Å². The fraction of sp³-hybridized carbons (Fsp3) is 0.867. The predicted octanol–water partition coefficient (Wildman–Crippen LogP) is 2.84. The van der Waals surface area contributed by atoms with Crippen LogP contribution in [-0.4, -0.2) is 14.8 Å². The second kappa shape index (κ2) is 4.89. The van der Waals surface area contributed by atoms with Gasteiger partial charge < -0.3 is 5.73 Å². The molecule has 0 spiro atoms. The molecular weight excluding hydrogens is 236 g/mol. The van der Waals surface area contributed by atoms with Crippen molar-refractivity contribution in [1.82, 2.24) is 14.8 Å². The Labute approximate surface area is 115 Å². The van der Waals surface area contributed by atoms with Crippen molar-refractivity contribution >= 4 is 0 Å². The number of hydrogen-bond acceptors (Lipinski definition) is 3. The summed E-state index contributed by atoms with van der Waals surface area (Å²) in [5.74, 6) is 3.33. The van der Waals surface area contributed by atoms with Gasteiger partial charge in [-0.1, -0.05) is 32.6 Å². The van der Waals surface area contributed by atoms with E-state index in [1.54, 1.807) is 0 Å². The lowest BCUT2D eigenvalue weighted by Crippen LogP contribution is -2.43. The SMILES string of the molecule is CC1CCCC(N)(c2nc(C3CCCC3)nn2C)C1. The summed E-state index contributed by atoms with van der Waals surface area (Å²) >= 11 is 0. The van der Waals surface area contributed by atoms with E-state index >= 15 is 0 Å². The molecule has 1 aromatic rings. The highest BCUT2D eigenvalue weighted by atomic mass is 15.3. The lowest BCUT2D eigenvalue weighted by atomic mass is 9.76. The van der Waals surface area contributed by atoms with Crippen molar-refractivity contribution in [1.29, 1.82) is 0 Å². The molecule has 2 N–H and O–H groups in total. The third-order valence-corrected chi connectivity index (χ3v) is 4.98. The van der Waals surface area contributed by atoms with Crippen molar-refractivity contribution in [2.24, 2.45) is 18.7 Å². The van der Waals surface area contributed by atoms with Crippen LogP contribution in [-0.2, 0) is 12.6 Å². The van der Waals surface area contributed by atoms with Crippen molar-refractivity contribution in [3.63, 3.8) is 0 Å². The molecule has 1 heterocycles. The van der Waals surface area contributed by atoms with Crippen molar-refractivity contribution < 1.29 is 0 Å². The van der Waals surface area contributed by atoms with Gasteiger partial charge in [-0.05, 0) is 31.6 Å². The number of nitrogens with zero attached hydrogens (tertiary/aromatic N) is 3. The monoisotopic (exact) mass is 262 g/mol. The first-order chi connectivity index (χ1) is 9.08. The van der Waals surface area contributed by atoms with Gasteiger partial charge in [-0.2, -0.15) is 5.10 Å². The van der Waals surface area contributed by atoms with Crippen LogP contribution in [0.2, 0.25) is 0 Å². The van der Waals surface area contributed by atoms with Gasteiger partial charge in [-0.25, -0.2) is 4.98 Å². The molecule has 0 radical (unpaired) electrons. The molecule has 2 aliphatic rings. The maximum atomic E-state index is 6.66. The lowest BCUT2D eigenvalue weighted by Gasteiger charge is -2.35. The van der Waals surface area contributed by atoms with Gasteiger partial charge >= 0.3 is 0 Å². The van der Waals surface area contributed by atoms with Crippen LogP contribution in [0.3, 0.4) is 0 Å². The maximum Gasteiger partial charge on any atom is 0.154 e. The minimum atomic E-state index is -0.254. The normalized spacial score (nSPS) is 32.9. The molecule has 2 saturated carbocycles. The van der Waals surface area contributed by atoms with Crippen LogP contribution in [0.15, 0.2) is 0 Å². The van der Waals surface area contributed by atoms with Crippen LogP contribution in [0.25, 0.3) is 0 Å². The zero-order chi connectivity index (χ0) is 13.5. The number of hydrogen-bond donors (Lipinski definition) is 1. The zero-order valence-electron chi connectivity index (χ0n) is 12.2. The largest absolute Gasteiger partial charge is 0.319 e. The third kappa shape index (κ3) is 2.42. The highest BCUT2D eigenvalue weighted by molar-refractivity contribution is 5.11. The van der Waals surface area contributed by atoms with Gasteiger partial charge in [0.2, 0.25) is 0 Å². The molecule has 2 aliphatic carbocycles. The van der Waals surface area contributed by atoms with E-state index in [9.17, 15) is 0 Å². The molecule has 4 nitrogen and oxygen atoms in total. The molecule has 4 heteroatoms. The molecule has 1 aromatic heterocycles. The van der Waals surface area contributed by atoms with Crippen LogP contribution in [0.4, 0.5) is 0 Å². The van der Waals surface area contributed by atoms with Gasteiger partial charge in [0.1, 0.15) is 5.82 Å². The lowest BCUT2D eigenvalue weighted by molar-refractivity contribution is 0.222. The molecule has 2 unspecified atom stereocenters. The highest BCUT2D eigenvalue weighted by Crippen LogP contribution is 2.38. The standard InChI is InChI=1S/C15H26N4/c1-11-6-5-9-15(16,10-11)14-17-13(18-19(14)2)12-7-3-4-8-12/h11-12H,3-10,16H2,1-2H3. The quantitative estimate of drug-likeness (QED) is 0.891. The molecule has 19 heavy (non-hydrogen) atoms. The Morgan fingerprint density at radius 2 is 1.95 bits per heavy atom. The van der Waals surface area contributed by atoms with E-state index in [1.165, 1.54) is 38.5 Å². The maximum absolute atomic E-state index is 6.66. The van der Waals surface area contributed by atoms with E-state index in [0.29, 0.717) is 11.8 Å². The van der Waals surface area contributed by atoms with Crippen LogP contribution >= 0.6 is 0 Å². The molecule has 106 valence electrons. The van der Waals surface area contributed by atoms with Gasteiger partial charge in [0.25, 0.3) is 0 Å². The summed E-state index contributed by atoms with van der Waals surface area (Å²) in [5.41, 5.74) is 6.41. The van der Waals surface area contributed by atoms with Gasteiger partial charge in [-0.3, -0.25) is 4.68 Å². The van der Waals surface area contributed by atoms with Crippen molar-refractivity contribution in [3.8, 4) is 0 Å². The van der Waals surface area contributed by atoms with Crippen LogP contribution < -0.4 is 5.73 Å². The molecule has 0 saturated heterocycles. The first-order valence-electron chi connectivity index (χ1n) is 7.79. The summed E-state index contributed by atoms with van der Waals surface area (Å²) in [6.07, 6.45) is 9.74. The number of aromatic nitrogens is 3. The second-order valence-electron chi connectivity index (χ2n) is 6.76. The molecule has 3 rings (SSSR count). The summed E-state index contributed by atoms with van der Waals surface area (Å²) in [5, 5.41) is 4.66. The summed E-state index contributed by atoms with van der Waals surface area (Å²) in [6, 6.07) is 0. The van der Waals surface area contributed by atoms with Gasteiger partial charge in [0.15, 0.2) is 5.82 Å². The zero-order valence-corrected chi connectivity index (χ0v) is 12.2. The fourth-order valence-electron chi connectivity index (χ4n) is 3.99. The molecule has 0 amide bonds. The van der Waals surface area contributed by atoms with E-state index in [4.69, 9.17) is 10.7 Å². The van der Waals surface area contributed by atoms with Gasteiger partial charge in [-0.15, -0.1) is 0 Å². The molecule has 0 bridgehead atoms. The number of aryl methyl sites for hydroxylation is 1. The molecular formula is C15H26N4. The van der Waals surface area contributed by atoms with Crippen LogP contribution in [0.5, 0.6) is 0 Å². The molecule has 0 aliphatic heterocycles. The van der Waals surface area contributed by atoms with Crippen molar-refractivity contribution in [2.75, 3.05) is 0 Å². The summed E-state index contributed by atoms with van der Waals surface area (Å²) in [7, 11) is 2.01. The summed E-state index contributed by atoms with van der Waals surface area (Å²) < 4.78 is 1.95. The molecule has 2 atom stereocenters. The average Bonchev–Trinajstić information content (AvgIpc) is 2.97. The van der Waals surface area contributed by atoms with Crippen molar-refractivity contribution in [2.45, 2.75) is 69.7 Å². The third-order valence-electron chi connectivity index (χ3n) is 4.98. The molecule has 0 aromatic carbocycles. The van der Waals surface area contributed by atoms with E-state index < -0.39 is 0 Å². The Bertz CT molecular complexity index is 447. The highest BCUT2D eigenvalue weighted by Gasteiger charge is 2.37. The van der Waals surface area contributed by atoms with E-state index in [1.807, 2.05) is 11.7 Å². The Balaban J connectivity index is 1.87. The smallest absolute Gasteiger partial charge is 0.154 e. The molecule has 2 fully saturated rings. The number of rotatable bonds is 2. The van der Waals surface area contributed by atoms with E-state index in [-0.39, 0.29) is 5.54 Å². The minimum absolute atomic E-state index is 0.254. The minimum Gasteiger partial charge on any atom is -0.319 e. The average molecular weight is 262 g/mol. The van der Waals surface area contributed by atoms with Gasteiger partial charge in [0.05, 0.1) is 5.54 Å². The fourth-order valence-corrected chi connectivity index (χ4v) is 3.99. The Kier molecular flexibility index (Phi) is 3.37.